The molecule has 0 aliphatic carbocycles. The maximum absolute atomic E-state index is 12.7. The molecule has 0 saturated carbocycles. The second-order valence-corrected chi connectivity index (χ2v) is 8.48. The Kier molecular flexibility index (Phi) is 5.65. The molecule has 1 heterocycles. The number of anilines is 1. The van der Waals surface area contributed by atoms with E-state index in [0.29, 0.717) is 28.7 Å². The van der Waals surface area contributed by atoms with Gasteiger partial charge in [-0.25, -0.2) is 13.4 Å². The van der Waals surface area contributed by atoms with Crippen LogP contribution in [-0.2, 0) is 10.0 Å². The monoisotopic (exact) mass is 397 g/mol. The molecule has 7 heteroatoms. The van der Waals surface area contributed by atoms with Gasteiger partial charge in [0.1, 0.15) is 5.82 Å². The van der Waals surface area contributed by atoms with Crippen molar-refractivity contribution in [1.82, 2.24) is 9.97 Å². The van der Waals surface area contributed by atoms with E-state index >= 15 is 0 Å². The van der Waals surface area contributed by atoms with Crippen LogP contribution in [0.25, 0.3) is 11.4 Å². The van der Waals surface area contributed by atoms with Crippen LogP contribution in [0.15, 0.2) is 64.3 Å². The Bertz CT molecular complexity index is 1140. The number of hydrogen-bond donors (Lipinski definition) is 2. The van der Waals surface area contributed by atoms with E-state index in [4.69, 9.17) is 0 Å². The van der Waals surface area contributed by atoms with Gasteiger partial charge < -0.3 is 4.98 Å². The Morgan fingerprint density at radius 2 is 1.82 bits per heavy atom. The Hall–Kier alpha value is -2.93. The van der Waals surface area contributed by atoms with Crippen LogP contribution in [0.2, 0.25) is 0 Å². The first-order valence-electron chi connectivity index (χ1n) is 9.09. The molecule has 3 aromatic rings. The molecule has 2 aromatic carbocycles. The number of rotatable bonds is 6. The van der Waals surface area contributed by atoms with Crippen molar-refractivity contribution in [3.8, 4) is 11.4 Å². The molecule has 6 nitrogen and oxygen atoms in total. The van der Waals surface area contributed by atoms with Gasteiger partial charge in [0.05, 0.1) is 4.90 Å². The molecule has 1 aromatic heterocycles. The summed E-state index contributed by atoms with van der Waals surface area (Å²) in [5, 5.41) is 0. The molecule has 0 aliphatic rings. The van der Waals surface area contributed by atoms with Crippen LogP contribution < -0.4 is 10.3 Å². The van der Waals surface area contributed by atoms with Gasteiger partial charge in [-0.1, -0.05) is 38.1 Å². The van der Waals surface area contributed by atoms with E-state index in [1.165, 1.54) is 6.07 Å². The third-order valence-corrected chi connectivity index (χ3v) is 6.03. The summed E-state index contributed by atoms with van der Waals surface area (Å²) in [6.07, 6.45) is 0.992. The van der Waals surface area contributed by atoms with Gasteiger partial charge in [-0.2, -0.15) is 0 Å². The summed E-state index contributed by atoms with van der Waals surface area (Å²) in [7, 11) is -3.72. The van der Waals surface area contributed by atoms with Crippen LogP contribution in [0.5, 0.6) is 0 Å². The third-order valence-electron chi connectivity index (χ3n) is 4.63. The molecule has 3 rings (SSSR count). The van der Waals surface area contributed by atoms with Crippen molar-refractivity contribution < 1.29 is 8.42 Å². The van der Waals surface area contributed by atoms with E-state index in [9.17, 15) is 13.2 Å². The molecule has 1 atom stereocenters. The number of aromatic amines is 1. The highest BCUT2D eigenvalue weighted by Gasteiger charge is 2.15. The summed E-state index contributed by atoms with van der Waals surface area (Å²) in [6.45, 7) is 5.94. The lowest BCUT2D eigenvalue weighted by molar-refractivity contribution is 0.601. The average Bonchev–Trinajstić information content (AvgIpc) is 2.66. The Labute approximate surface area is 164 Å². The predicted molar refractivity (Wildman–Crippen MR) is 111 cm³/mol. The molecule has 0 bridgehead atoms. The van der Waals surface area contributed by atoms with Gasteiger partial charge in [0, 0.05) is 23.0 Å². The topological polar surface area (TPSA) is 91.9 Å². The fraction of sp³-hybridized carbons (Fsp3) is 0.238. The Morgan fingerprint density at radius 1 is 1.11 bits per heavy atom. The lowest BCUT2D eigenvalue weighted by Crippen LogP contribution is -2.13. The standard InChI is InChI=1S/C21H23N3O3S/c1-4-14(2)16-8-10-19(11-9-16)28(26,27)24-18-7-5-6-17(13-18)21-22-15(3)12-20(25)23-21/h5-14,24H,4H2,1-3H3,(H,22,23,25). The fourth-order valence-corrected chi connectivity index (χ4v) is 3.92. The summed E-state index contributed by atoms with van der Waals surface area (Å²) in [6, 6.07) is 15.1. The third kappa shape index (κ3) is 4.48. The minimum atomic E-state index is -3.72. The first-order valence-corrected chi connectivity index (χ1v) is 10.6. The zero-order valence-electron chi connectivity index (χ0n) is 16.1. The lowest BCUT2D eigenvalue weighted by atomic mass is 9.99. The Balaban J connectivity index is 1.87. The van der Waals surface area contributed by atoms with Gasteiger partial charge in [-0.3, -0.25) is 9.52 Å². The number of benzene rings is 2. The van der Waals surface area contributed by atoms with Crippen molar-refractivity contribution in [3.63, 3.8) is 0 Å². The minimum Gasteiger partial charge on any atom is -0.307 e. The SMILES string of the molecule is CCC(C)c1ccc(S(=O)(=O)Nc2cccc(-c3nc(C)cc(=O)[nH]3)c2)cc1. The van der Waals surface area contributed by atoms with Crippen LogP contribution in [0.1, 0.15) is 37.4 Å². The summed E-state index contributed by atoms with van der Waals surface area (Å²) < 4.78 is 28.0. The summed E-state index contributed by atoms with van der Waals surface area (Å²) in [5.41, 5.74) is 2.46. The maximum Gasteiger partial charge on any atom is 0.261 e. The highest BCUT2D eigenvalue weighted by molar-refractivity contribution is 7.92. The summed E-state index contributed by atoms with van der Waals surface area (Å²) in [4.78, 5) is 18.8. The van der Waals surface area contributed by atoms with E-state index in [1.807, 2.05) is 12.1 Å². The van der Waals surface area contributed by atoms with Gasteiger partial charge in [-0.05, 0) is 49.1 Å². The lowest BCUT2D eigenvalue weighted by Gasteiger charge is -2.12. The van der Waals surface area contributed by atoms with Crippen molar-refractivity contribution >= 4 is 15.7 Å². The quantitative estimate of drug-likeness (QED) is 0.656. The van der Waals surface area contributed by atoms with Crippen LogP contribution in [-0.4, -0.2) is 18.4 Å². The smallest absolute Gasteiger partial charge is 0.261 e. The van der Waals surface area contributed by atoms with E-state index in [2.05, 4.69) is 28.5 Å². The number of aryl methyl sites for hydroxylation is 1. The number of nitrogens with one attached hydrogen (secondary N) is 2. The van der Waals surface area contributed by atoms with Crippen molar-refractivity contribution in [3.05, 3.63) is 76.2 Å². The zero-order chi connectivity index (χ0) is 20.3. The van der Waals surface area contributed by atoms with E-state index < -0.39 is 10.0 Å². The second kappa shape index (κ2) is 7.98. The van der Waals surface area contributed by atoms with Crippen molar-refractivity contribution in [1.29, 1.82) is 0 Å². The van der Waals surface area contributed by atoms with Crippen LogP contribution in [0.4, 0.5) is 5.69 Å². The van der Waals surface area contributed by atoms with Crippen molar-refractivity contribution in [2.75, 3.05) is 4.72 Å². The molecule has 0 spiro atoms. The van der Waals surface area contributed by atoms with Gasteiger partial charge in [0.25, 0.3) is 15.6 Å². The summed E-state index contributed by atoms with van der Waals surface area (Å²) in [5.74, 6) is 0.773. The number of nitrogens with zero attached hydrogens (tertiary/aromatic N) is 1. The van der Waals surface area contributed by atoms with Gasteiger partial charge in [0.2, 0.25) is 0 Å². The van der Waals surface area contributed by atoms with Crippen molar-refractivity contribution in [2.24, 2.45) is 0 Å². The molecule has 28 heavy (non-hydrogen) atoms. The largest absolute Gasteiger partial charge is 0.307 e. The molecule has 0 radical (unpaired) electrons. The average molecular weight is 398 g/mol. The fourth-order valence-electron chi connectivity index (χ4n) is 2.87. The molecule has 0 fully saturated rings. The number of hydrogen-bond acceptors (Lipinski definition) is 4. The van der Waals surface area contributed by atoms with E-state index in [1.54, 1.807) is 43.3 Å². The highest BCUT2D eigenvalue weighted by Crippen LogP contribution is 2.24. The van der Waals surface area contributed by atoms with Crippen LogP contribution in [0, 0.1) is 6.92 Å². The van der Waals surface area contributed by atoms with E-state index in [-0.39, 0.29) is 10.5 Å². The molecule has 146 valence electrons. The van der Waals surface area contributed by atoms with Crippen LogP contribution in [0.3, 0.4) is 0 Å². The highest BCUT2D eigenvalue weighted by atomic mass is 32.2. The molecule has 2 N–H and O–H groups in total. The molecular formula is C21H23N3O3S. The minimum absolute atomic E-state index is 0.201. The van der Waals surface area contributed by atoms with Crippen molar-refractivity contribution in [2.45, 2.75) is 38.0 Å². The number of sulfonamides is 1. The second-order valence-electron chi connectivity index (χ2n) is 6.80. The number of aromatic nitrogens is 2. The zero-order valence-corrected chi connectivity index (χ0v) is 16.9. The molecule has 1 unspecified atom stereocenters. The van der Waals surface area contributed by atoms with Gasteiger partial charge in [0.15, 0.2) is 0 Å². The molecule has 0 saturated heterocycles. The molecule has 0 aliphatic heterocycles. The first-order chi connectivity index (χ1) is 13.3. The Morgan fingerprint density at radius 3 is 2.46 bits per heavy atom. The normalized spacial score (nSPS) is 12.5. The predicted octanol–water partition coefficient (Wildman–Crippen LogP) is 4.06. The van der Waals surface area contributed by atoms with Gasteiger partial charge >= 0.3 is 0 Å². The number of H-pyrrole nitrogens is 1. The summed E-state index contributed by atoms with van der Waals surface area (Å²) >= 11 is 0. The molecule has 0 amide bonds. The maximum atomic E-state index is 12.7. The first kappa shape index (κ1) is 19.8. The van der Waals surface area contributed by atoms with Gasteiger partial charge in [-0.15, -0.1) is 0 Å². The van der Waals surface area contributed by atoms with Crippen LogP contribution >= 0.6 is 0 Å². The van der Waals surface area contributed by atoms with E-state index in [0.717, 1.165) is 12.0 Å². The molecular weight excluding hydrogens is 374 g/mol.